The van der Waals surface area contributed by atoms with Crippen molar-refractivity contribution < 1.29 is 26.7 Å². The van der Waals surface area contributed by atoms with Crippen LogP contribution in [0.1, 0.15) is 23.6 Å². The number of hydrogen-bond donors (Lipinski definition) is 1. The number of hydrogen-bond acceptors (Lipinski definition) is 5. The first-order valence-corrected chi connectivity index (χ1v) is 7.05. The lowest BCUT2D eigenvalue weighted by molar-refractivity contribution is -0.146. The van der Waals surface area contributed by atoms with E-state index in [-0.39, 0.29) is 16.2 Å². The first kappa shape index (κ1) is 17.3. The molecule has 23 heavy (non-hydrogen) atoms. The van der Waals surface area contributed by atoms with E-state index in [1.165, 1.54) is 24.3 Å². The van der Waals surface area contributed by atoms with Crippen LogP contribution in [0.5, 0.6) is 5.75 Å². The summed E-state index contributed by atoms with van der Waals surface area (Å²) >= 11 is 0.955. The standard InChI is InChI=1S/C12H11F5N4OS/c1-6(7-2-4-8(5-3-7)22-10(13)14)23-11-20-19-9(21(11)18)12(15,16)17/h2-6,10H,18H2,1H3. The van der Waals surface area contributed by atoms with Gasteiger partial charge in [0, 0.05) is 5.25 Å². The summed E-state index contributed by atoms with van der Waals surface area (Å²) in [5.41, 5.74) is 0.674. The van der Waals surface area contributed by atoms with Gasteiger partial charge in [-0.05, 0) is 24.6 Å². The molecule has 2 rings (SSSR count). The molecule has 0 spiro atoms. The van der Waals surface area contributed by atoms with Crippen molar-refractivity contribution in [1.82, 2.24) is 14.9 Å². The van der Waals surface area contributed by atoms with Crippen molar-refractivity contribution in [2.75, 3.05) is 5.84 Å². The van der Waals surface area contributed by atoms with Crippen LogP contribution in [0.25, 0.3) is 0 Å². The van der Waals surface area contributed by atoms with Crippen LogP contribution in [-0.2, 0) is 6.18 Å². The molecular weight excluding hydrogens is 343 g/mol. The van der Waals surface area contributed by atoms with E-state index in [0.29, 0.717) is 10.2 Å². The maximum Gasteiger partial charge on any atom is 0.453 e. The number of aromatic nitrogens is 3. The van der Waals surface area contributed by atoms with E-state index in [0.717, 1.165) is 11.8 Å². The Balaban J connectivity index is 2.10. The molecule has 0 bridgehead atoms. The minimum absolute atomic E-state index is 0.0118. The molecule has 0 fully saturated rings. The second kappa shape index (κ2) is 6.60. The van der Waals surface area contributed by atoms with E-state index in [1.54, 1.807) is 6.92 Å². The molecule has 5 nitrogen and oxygen atoms in total. The Hall–Kier alpha value is -2.04. The number of nitrogens with zero attached hydrogens (tertiary/aromatic N) is 3. The molecule has 0 aliphatic carbocycles. The molecule has 1 heterocycles. The fourth-order valence-corrected chi connectivity index (χ4v) is 2.59. The van der Waals surface area contributed by atoms with Crippen LogP contribution in [-0.4, -0.2) is 21.5 Å². The van der Waals surface area contributed by atoms with Crippen LogP contribution in [0.4, 0.5) is 22.0 Å². The topological polar surface area (TPSA) is 66.0 Å². The monoisotopic (exact) mass is 354 g/mol. The number of rotatable bonds is 5. The summed E-state index contributed by atoms with van der Waals surface area (Å²) in [5, 5.41) is 5.99. The minimum atomic E-state index is -4.70. The SMILES string of the molecule is CC(Sc1nnc(C(F)(F)F)n1N)c1ccc(OC(F)F)cc1. The fraction of sp³-hybridized carbons (Fsp3) is 0.333. The number of halogens is 5. The van der Waals surface area contributed by atoms with Crippen LogP contribution in [0.2, 0.25) is 0 Å². The van der Waals surface area contributed by atoms with E-state index < -0.39 is 18.6 Å². The third-order valence-corrected chi connectivity index (χ3v) is 3.89. The Labute approximate surface area is 131 Å². The van der Waals surface area contributed by atoms with Crippen molar-refractivity contribution in [3.63, 3.8) is 0 Å². The first-order chi connectivity index (χ1) is 10.7. The zero-order valence-corrected chi connectivity index (χ0v) is 12.4. The van der Waals surface area contributed by atoms with E-state index >= 15 is 0 Å². The van der Waals surface area contributed by atoms with Crippen LogP contribution in [0.3, 0.4) is 0 Å². The molecular formula is C12H11F5N4OS. The lowest BCUT2D eigenvalue weighted by Crippen LogP contribution is -2.21. The third kappa shape index (κ3) is 4.24. The molecule has 0 aliphatic rings. The van der Waals surface area contributed by atoms with Crippen molar-refractivity contribution in [3.8, 4) is 5.75 Å². The van der Waals surface area contributed by atoms with Gasteiger partial charge in [-0.25, -0.2) is 4.68 Å². The molecule has 2 aromatic rings. The summed E-state index contributed by atoms with van der Waals surface area (Å²) in [6.45, 7) is -1.22. The number of ether oxygens (including phenoxy) is 1. The van der Waals surface area contributed by atoms with Gasteiger partial charge in [0.05, 0.1) is 0 Å². The molecule has 0 amide bonds. The summed E-state index contributed by atoms with van der Waals surface area (Å²) in [4.78, 5) is 0. The van der Waals surface area contributed by atoms with Gasteiger partial charge in [0.2, 0.25) is 5.16 Å². The third-order valence-electron chi connectivity index (χ3n) is 2.77. The Morgan fingerprint density at radius 2 is 1.78 bits per heavy atom. The highest BCUT2D eigenvalue weighted by Gasteiger charge is 2.38. The Bertz CT molecular complexity index is 658. The fourth-order valence-electron chi connectivity index (χ4n) is 1.70. The average Bonchev–Trinajstić information content (AvgIpc) is 2.80. The zero-order valence-electron chi connectivity index (χ0n) is 11.6. The van der Waals surface area contributed by atoms with Gasteiger partial charge >= 0.3 is 12.8 Å². The van der Waals surface area contributed by atoms with Crippen LogP contribution in [0, 0.1) is 0 Å². The summed E-state index contributed by atoms with van der Waals surface area (Å²) in [7, 11) is 0. The average molecular weight is 354 g/mol. The molecule has 1 aromatic carbocycles. The Morgan fingerprint density at radius 1 is 1.17 bits per heavy atom. The summed E-state index contributed by atoms with van der Waals surface area (Å²) in [5.74, 6) is 4.03. The first-order valence-electron chi connectivity index (χ1n) is 6.17. The molecule has 11 heteroatoms. The summed E-state index contributed by atoms with van der Waals surface area (Å²) < 4.78 is 66.5. The number of nitrogen functional groups attached to an aromatic ring is 1. The van der Waals surface area contributed by atoms with Gasteiger partial charge in [-0.1, -0.05) is 23.9 Å². The zero-order chi connectivity index (χ0) is 17.2. The largest absolute Gasteiger partial charge is 0.453 e. The highest BCUT2D eigenvalue weighted by Crippen LogP contribution is 2.36. The lowest BCUT2D eigenvalue weighted by Gasteiger charge is -2.12. The Morgan fingerprint density at radius 3 is 2.26 bits per heavy atom. The van der Waals surface area contributed by atoms with Crippen molar-refractivity contribution in [2.24, 2.45) is 0 Å². The molecule has 126 valence electrons. The molecule has 1 aromatic heterocycles. The van der Waals surface area contributed by atoms with E-state index in [1.807, 2.05) is 0 Å². The maximum atomic E-state index is 12.6. The molecule has 0 aliphatic heterocycles. The molecule has 0 saturated carbocycles. The molecule has 2 N–H and O–H groups in total. The summed E-state index contributed by atoms with van der Waals surface area (Å²) in [6, 6.07) is 5.73. The van der Waals surface area contributed by atoms with Gasteiger partial charge < -0.3 is 10.6 Å². The van der Waals surface area contributed by atoms with E-state index in [9.17, 15) is 22.0 Å². The smallest absolute Gasteiger partial charge is 0.435 e. The number of nitrogens with two attached hydrogens (primary N) is 1. The molecule has 1 atom stereocenters. The molecule has 0 radical (unpaired) electrons. The second-order valence-corrected chi connectivity index (χ2v) is 5.69. The van der Waals surface area contributed by atoms with Gasteiger partial charge in [0.1, 0.15) is 5.75 Å². The maximum absolute atomic E-state index is 12.6. The van der Waals surface area contributed by atoms with Gasteiger partial charge in [0.25, 0.3) is 5.82 Å². The highest BCUT2D eigenvalue weighted by molar-refractivity contribution is 7.99. The molecule has 0 saturated heterocycles. The normalized spacial score (nSPS) is 13.3. The van der Waals surface area contributed by atoms with Gasteiger partial charge in [-0.15, -0.1) is 10.2 Å². The van der Waals surface area contributed by atoms with E-state index in [4.69, 9.17) is 5.84 Å². The Kier molecular flexibility index (Phi) is 4.97. The number of alkyl halides is 5. The predicted molar refractivity (Wildman–Crippen MR) is 72.5 cm³/mol. The number of benzene rings is 1. The highest BCUT2D eigenvalue weighted by atomic mass is 32.2. The van der Waals surface area contributed by atoms with Crippen molar-refractivity contribution >= 4 is 11.8 Å². The van der Waals surface area contributed by atoms with Gasteiger partial charge in [0.15, 0.2) is 0 Å². The van der Waals surface area contributed by atoms with Crippen molar-refractivity contribution in [1.29, 1.82) is 0 Å². The summed E-state index contributed by atoms with van der Waals surface area (Å²) in [6.07, 6.45) is -4.70. The van der Waals surface area contributed by atoms with Crippen LogP contribution < -0.4 is 10.6 Å². The van der Waals surface area contributed by atoms with Crippen molar-refractivity contribution in [3.05, 3.63) is 35.7 Å². The van der Waals surface area contributed by atoms with Gasteiger partial charge in [-0.2, -0.15) is 22.0 Å². The van der Waals surface area contributed by atoms with Crippen LogP contribution >= 0.6 is 11.8 Å². The predicted octanol–water partition coefficient (Wildman–Crippen LogP) is 3.47. The lowest BCUT2D eigenvalue weighted by atomic mass is 10.2. The quantitative estimate of drug-likeness (QED) is 0.506. The van der Waals surface area contributed by atoms with Crippen molar-refractivity contribution in [2.45, 2.75) is 30.1 Å². The molecule has 1 unspecified atom stereocenters. The number of thioether (sulfide) groups is 1. The van der Waals surface area contributed by atoms with Gasteiger partial charge in [-0.3, -0.25) is 0 Å². The van der Waals surface area contributed by atoms with E-state index in [2.05, 4.69) is 14.9 Å². The second-order valence-electron chi connectivity index (χ2n) is 4.38. The minimum Gasteiger partial charge on any atom is -0.435 e. The van der Waals surface area contributed by atoms with Crippen LogP contribution in [0.15, 0.2) is 29.4 Å².